The molecule has 1 aliphatic carbocycles. The van der Waals surface area contributed by atoms with E-state index in [0.717, 1.165) is 31.2 Å². The molecule has 0 N–H and O–H groups in total. The van der Waals surface area contributed by atoms with Crippen molar-refractivity contribution in [1.29, 1.82) is 0 Å². The molecule has 0 aromatic heterocycles. The van der Waals surface area contributed by atoms with E-state index in [9.17, 15) is 4.79 Å². The second kappa shape index (κ2) is 4.91. The smallest absolute Gasteiger partial charge is 0.172 e. The monoisotopic (exact) mass is 232 g/mol. The molecular weight excluding hydrogens is 212 g/mol. The Balaban J connectivity index is 2.29. The van der Waals surface area contributed by atoms with Gasteiger partial charge in [-0.15, -0.1) is 0 Å². The number of carbonyl (C=O) groups excluding carboxylic acids is 1. The van der Waals surface area contributed by atoms with E-state index >= 15 is 0 Å². The Morgan fingerprint density at radius 2 is 1.82 bits per heavy atom. The second-order valence-electron chi connectivity index (χ2n) is 5.15. The van der Waals surface area contributed by atoms with E-state index in [1.807, 2.05) is 24.3 Å². The third kappa shape index (κ3) is 2.36. The van der Waals surface area contributed by atoms with Gasteiger partial charge in [-0.2, -0.15) is 0 Å². The van der Waals surface area contributed by atoms with Gasteiger partial charge in [-0.3, -0.25) is 4.79 Å². The number of para-hydroxylation sites is 1. The molecule has 0 spiro atoms. The number of methoxy groups -OCH3 is 1. The topological polar surface area (TPSA) is 26.3 Å². The first-order valence-corrected chi connectivity index (χ1v) is 6.35. The van der Waals surface area contributed by atoms with Gasteiger partial charge in [0.15, 0.2) is 5.78 Å². The average molecular weight is 232 g/mol. The van der Waals surface area contributed by atoms with Gasteiger partial charge in [-0.05, 0) is 25.0 Å². The van der Waals surface area contributed by atoms with Crippen LogP contribution in [-0.4, -0.2) is 12.9 Å². The molecule has 1 aliphatic rings. The number of ketones is 1. The number of ether oxygens (including phenoxy) is 1. The van der Waals surface area contributed by atoms with Gasteiger partial charge in [-0.1, -0.05) is 38.3 Å². The molecule has 0 atom stereocenters. The van der Waals surface area contributed by atoms with Crippen LogP contribution in [0.4, 0.5) is 0 Å². The maximum absolute atomic E-state index is 12.6. The maximum atomic E-state index is 12.6. The first-order chi connectivity index (χ1) is 8.17. The predicted molar refractivity (Wildman–Crippen MR) is 68.5 cm³/mol. The molecule has 2 rings (SSSR count). The van der Waals surface area contributed by atoms with E-state index < -0.39 is 0 Å². The second-order valence-corrected chi connectivity index (χ2v) is 5.15. The van der Waals surface area contributed by atoms with Crippen LogP contribution >= 0.6 is 0 Å². The number of Topliss-reactive ketones (excluding diaryl/α,β-unsaturated/α-hetero) is 1. The molecule has 92 valence electrons. The highest BCUT2D eigenvalue weighted by molar-refractivity contribution is 6.02. The summed E-state index contributed by atoms with van der Waals surface area (Å²) >= 11 is 0. The highest BCUT2D eigenvalue weighted by Crippen LogP contribution is 2.40. The third-order valence-electron chi connectivity index (χ3n) is 3.86. The number of hydrogen-bond acceptors (Lipinski definition) is 2. The van der Waals surface area contributed by atoms with Crippen molar-refractivity contribution >= 4 is 5.78 Å². The first-order valence-electron chi connectivity index (χ1n) is 6.35. The highest BCUT2D eigenvalue weighted by atomic mass is 16.5. The normalized spacial score (nSPS) is 18.7. The molecule has 0 amide bonds. The minimum atomic E-state index is -0.188. The van der Waals surface area contributed by atoms with Crippen molar-refractivity contribution in [3.8, 4) is 5.75 Å². The van der Waals surface area contributed by atoms with Crippen molar-refractivity contribution in [2.24, 2.45) is 5.41 Å². The molecule has 1 aromatic rings. The summed E-state index contributed by atoms with van der Waals surface area (Å²) in [6.07, 6.45) is 5.59. The van der Waals surface area contributed by atoms with Crippen molar-refractivity contribution in [1.82, 2.24) is 0 Å². The lowest BCUT2D eigenvalue weighted by atomic mass is 9.71. The molecule has 0 saturated heterocycles. The summed E-state index contributed by atoms with van der Waals surface area (Å²) in [4.78, 5) is 12.6. The van der Waals surface area contributed by atoms with Crippen molar-refractivity contribution in [3.05, 3.63) is 29.8 Å². The van der Waals surface area contributed by atoms with Crippen LogP contribution < -0.4 is 4.74 Å². The van der Waals surface area contributed by atoms with Gasteiger partial charge < -0.3 is 4.74 Å². The zero-order valence-corrected chi connectivity index (χ0v) is 10.7. The lowest BCUT2D eigenvalue weighted by Gasteiger charge is -2.32. The molecule has 2 heteroatoms. The maximum Gasteiger partial charge on any atom is 0.172 e. The Morgan fingerprint density at radius 1 is 1.18 bits per heavy atom. The molecule has 17 heavy (non-hydrogen) atoms. The third-order valence-corrected chi connectivity index (χ3v) is 3.86. The summed E-state index contributed by atoms with van der Waals surface area (Å²) in [7, 11) is 1.62. The minimum Gasteiger partial charge on any atom is -0.496 e. The van der Waals surface area contributed by atoms with Crippen molar-refractivity contribution in [2.75, 3.05) is 7.11 Å². The largest absolute Gasteiger partial charge is 0.496 e. The van der Waals surface area contributed by atoms with Crippen LogP contribution in [0, 0.1) is 5.41 Å². The highest BCUT2D eigenvalue weighted by Gasteiger charge is 2.36. The van der Waals surface area contributed by atoms with Gasteiger partial charge in [0, 0.05) is 5.41 Å². The fourth-order valence-electron chi connectivity index (χ4n) is 2.72. The van der Waals surface area contributed by atoms with Crippen molar-refractivity contribution in [3.63, 3.8) is 0 Å². The summed E-state index contributed by atoms with van der Waals surface area (Å²) in [5, 5.41) is 0. The van der Waals surface area contributed by atoms with E-state index in [4.69, 9.17) is 4.74 Å². The van der Waals surface area contributed by atoms with Crippen molar-refractivity contribution in [2.45, 2.75) is 39.0 Å². The van der Waals surface area contributed by atoms with E-state index in [0.29, 0.717) is 5.75 Å². The fraction of sp³-hybridized carbons (Fsp3) is 0.533. The molecule has 0 bridgehead atoms. The molecule has 0 unspecified atom stereocenters. The Labute approximate surface area is 103 Å². The molecule has 2 nitrogen and oxygen atoms in total. The molecular formula is C15H20O2. The van der Waals surface area contributed by atoms with Gasteiger partial charge >= 0.3 is 0 Å². The molecule has 0 aliphatic heterocycles. The lowest BCUT2D eigenvalue weighted by molar-refractivity contribution is 0.0746. The summed E-state index contributed by atoms with van der Waals surface area (Å²) in [6, 6.07) is 7.54. The Kier molecular flexibility index (Phi) is 3.51. The molecule has 0 radical (unpaired) electrons. The predicted octanol–water partition coefficient (Wildman–Crippen LogP) is 3.85. The van der Waals surface area contributed by atoms with Crippen LogP contribution in [-0.2, 0) is 0 Å². The standard InChI is InChI=1S/C15H20O2/c1-15(10-6-3-7-11-15)14(16)12-8-4-5-9-13(12)17-2/h4-5,8-9H,3,6-7,10-11H2,1-2H3. The zero-order chi connectivity index (χ0) is 12.3. The Morgan fingerprint density at radius 3 is 2.47 bits per heavy atom. The van der Waals surface area contributed by atoms with Gasteiger partial charge in [0.1, 0.15) is 5.75 Å². The number of hydrogen-bond donors (Lipinski definition) is 0. The minimum absolute atomic E-state index is 0.188. The van der Waals surface area contributed by atoms with E-state index in [-0.39, 0.29) is 11.2 Å². The summed E-state index contributed by atoms with van der Waals surface area (Å²) in [5.41, 5.74) is 0.548. The Bertz CT molecular complexity index is 403. The quantitative estimate of drug-likeness (QED) is 0.740. The van der Waals surface area contributed by atoms with Gasteiger partial charge in [0.2, 0.25) is 0 Å². The van der Waals surface area contributed by atoms with E-state index in [1.54, 1.807) is 7.11 Å². The molecule has 1 fully saturated rings. The van der Waals surface area contributed by atoms with Crippen molar-refractivity contribution < 1.29 is 9.53 Å². The van der Waals surface area contributed by atoms with Crippen LogP contribution in [0.1, 0.15) is 49.4 Å². The van der Waals surface area contributed by atoms with Gasteiger partial charge in [0.25, 0.3) is 0 Å². The van der Waals surface area contributed by atoms with Crippen LogP contribution in [0.2, 0.25) is 0 Å². The SMILES string of the molecule is COc1ccccc1C(=O)C1(C)CCCCC1. The summed E-state index contributed by atoms with van der Waals surface area (Å²) in [6.45, 7) is 2.10. The molecule has 0 heterocycles. The fourth-order valence-corrected chi connectivity index (χ4v) is 2.72. The molecule has 1 saturated carbocycles. The number of rotatable bonds is 3. The molecule has 1 aromatic carbocycles. The summed E-state index contributed by atoms with van der Waals surface area (Å²) in [5.74, 6) is 0.943. The van der Waals surface area contributed by atoms with Gasteiger partial charge in [-0.25, -0.2) is 0 Å². The first kappa shape index (κ1) is 12.2. The van der Waals surface area contributed by atoms with Crippen LogP contribution in [0.3, 0.4) is 0 Å². The summed E-state index contributed by atoms with van der Waals surface area (Å²) < 4.78 is 5.28. The van der Waals surface area contributed by atoms with Crippen LogP contribution in [0.5, 0.6) is 5.75 Å². The van der Waals surface area contributed by atoms with Gasteiger partial charge in [0.05, 0.1) is 12.7 Å². The number of benzene rings is 1. The number of carbonyl (C=O) groups is 1. The zero-order valence-electron chi connectivity index (χ0n) is 10.7. The Hall–Kier alpha value is -1.31. The average Bonchev–Trinajstić information content (AvgIpc) is 2.38. The van der Waals surface area contributed by atoms with Crippen LogP contribution in [0.25, 0.3) is 0 Å². The van der Waals surface area contributed by atoms with E-state index in [1.165, 1.54) is 6.42 Å². The van der Waals surface area contributed by atoms with Crippen LogP contribution in [0.15, 0.2) is 24.3 Å². The lowest BCUT2D eigenvalue weighted by Crippen LogP contribution is -2.30. The van der Waals surface area contributed by atoms with E-state index in [2.05, 4.69) is 6.92 Å².